The molecule has 1 heterocycles. The Morgan fingerprint density at radius 1 is 0.595 bits per heavy atom. The number of rotatable bonds is 13. The third-order valence-electron chi connectivity index (χ3n) is 5.70. The van der Waals surface area contributed by atoms with E-state index in [4.69, 9.17) is 10.8 Å². The summed E-state index contributed by atoms with van der Waals surface area (Å²) in [6.45, 7) is 0.727. The number of aliphatic carboxylic acids is 4. The lowest BCUT2D eigenvalue weighted by Crippen LogP contribution is -2.51. The first kappa shape index (κ1) is 31.7. The number of primary amides is 1. The Morgan fingerprint density at radius 2 is 0.919 bits per heavy atom. The van der Waals surface area contributed by atoms with Crippen molar-refractivity contribution >= 4 is 35.7 Å². The maximum Gasteiger partial charge on any atom is 0.317 e. The summed E-state index contributed by atoms with van der Waals surface area (Å²) in [6, 6.07) is -1.18. The van der Waals surface area contributed by atoms with Crippen molar-refractivity contribution in [3.63, 3.8) is 0 Å². The van der Waals surface area contributed by atoms with Crippen molar-refractivity contribution in [1.82, 2.24) is 24.9 Å². The molecular weight excluding hydrogens is 496 g/mol. The molecular formula is C21H36N6O10. The van der Waals surface area contributed by atoms with Gasteiger partial charge < -0.3 is 31.5 Å². The van der Waals surface area contributed by atoms with Crippen LogP contribution in [-0.4, -0.2) is 160 Å². The van der Waals surface area contributed by atoms with Gasteiger partial charge in [0.15, 0.2) is 0 Å². The minimum absolute atomic E-state index is 0.179. The summed E-state index contributed by atoms with van der Waals surface area (Å²) >= 11 is 0. The van der Waals surface area contributed by atoms with Gasteiger partial charge in [0.1, 0.15) is 6.04 Å². The molecule has 0 aromatic carbocycles. The molecule has 2 amide bonds. The van der Waals surface area contributed by atoms with Crippen molar-refractivity contribution in [2.45, 2.75) is 18.9 Å². The summed E-state index contributed by atoms with van der Waals surface area (Å²) in [4.78, 5) is 75.4. The van der Waals surface area contributed by atoms with Crippen molar-refractivity contribution in [1.29, 1.82) is 0 Å². The van der Waals surface area contributed by atoms with Crippen molar-refractivity contribution in [2.75, 3.05) is 78.5 Å². The third kappa shape index (κ3) is 14.7. The number of nitrogens with two attached hydrogens (primary N) is 1. The summed E-state index contributed by atoms with van der Waals surface area (Å²) in [5.41, 5.74) is 5.27. The van der Waals surface area contributed by atoms with E-state index in [9.17, 15) is 44.1 Å². The van der Waals surface area contributed by atoms with E-state index in [1.807, 2.05) is 0 Å². The Labute approximate surface area is 213 Å². The number of nitrogens with zero attached hydrogens (tertiary/aromatic N) is 4. The number of carboxylic acids is 4. The zero-order valence-corrected chi connectivity index (χ0v) is 20.6. The maximum atomic E-state index is 12.6. The number of hydrogen-bond donors (Lipinski definition) is 6. The first-order valence-electron chi connectivity index (χ1n) is 11.7. The van der Waals surface area contributed by atoms with Gasteiger partial charge in [0.05, 0.1) is 26.2 Å². The molecule has 0 bridgehead atoms. The molecule has 1 rings (SSSR count). The van der Waals surface area contributed by atoms with Crippen molar-refractivity contribution in [3.05, 3.63) is 0 Å². The van der Waals surface area contributed by atoms with Gasteiger partial charge in [0.25, 0.3) is 0 Å². The zero-order valence-electron chi connectivity index (χ0n) is 20.6. The molecule has 0 aliphatic carbocycles. The molecule has 1 atom stereocenters. The first-order valence-corrected chi connectivity index (χ1v) is 11.7. The van der Waals surface area contributed by atoms with Crippen LogP contribution in [0.1, 0.15) is 12.8 Å². The van der Waals surface area contributed by atoms with Gasteiger partial charge in [-0.25, -0.2) is 0 Å². The van der Waals surface area contributed by atoms with Crippen LogP contribution < -0.4 is 11.1 Å². The minimum Gasteiger partial charge on any atom is -0.481 e. The SMILES string of the molecule is NC(=O)[C@H](CCC(=O)O)NC(=O)CN1CCN(CC(=O)O)CCN(CC(=O)O)CCN(CC(=O)O)CC1. The topological polar surface area (TPSA) is 234 Å². The van der Waals surface area contributed by atoms with E-state index < -0.39 is 41.7 Å². The van der Waals surface area contributed by atoms with Gasteiger partial charge in [-0.15, -0.1) is 0 Å². The van der Waals surface area contributed by atoms with Crippen LogP contribution in [0.5, 0.6) is 0 Å². The van der Waals surface area contributed by atoms with Crippen LogP contribution >= 0.6 is 0 Å². The fraction of sp³-hybridized carbons (Fsp3) is 0.714. The van der Waals surface area contributed by atoms with Gasteiger partial charge >= 0.3 is 23.9 Å². The van der Waals surface area contributed by atoms with E-state index in [1.54, 1.807) is 19.6 Å². The van der Waals surface area contributed by atoms with Crippen LogP contribution in [0.15, 0.2) is 0 Å². The maximum absolute atomic E-state index is 12.6. The largest absolute Gasteiger partial charge is 0.481 e. The van der Waals surface area contributed by atoms with Crippen LogP contribution in [0.4, 0.5) is 0 Å². The lowest BCUT2D eigenvalue weighted by Gasteiger charge is -2.33. The van der Waals surface area contributed by atoms with Gasteiger partial charge in [-0.05, 0) is 6.42 Å². The van der Waals surface area contributed by atoms with E-state index in [2.05, 4.69) is 5.32 Å². The molecule has 0 aromatic heterocycles. The van der Waals surface area contributed by atoms with E-state index in [0.717, 1.165) is 0 Å². The molecule has 37 heavy (non-hydrogen) atoms. The molecule has 7 N–H and O–H groups in total. The summed E-state index contributed by atoms with van der Waals surface area (Å²) in [5.74, 6) is -5.83. The van der Waals surface area contributed by atoms with Gasteiger partial charge in [-0.1, -0.05) is 0 Å². The average molecular weight is 533 g/mol. The summed E-state index contributed by atoms with van der Waals surface area (Å²) in [5, 5.41) is 39.0. The molecule has 0 aromatic rings. The summed E-state index contributed by atoms with van der Waals surface area (Å²) in [7, 11) is 0. The van der Waals surface area contributed by atoms with Gasteiger partial charge in [-0.2, -0.15) is 0 Å². The molecule has 16 nitrogen and oxygen atoms in total. The number of carboxylic acid groups (broad SMARTS) is 4. The fourth-order valence-corrected chi connectivity index (χ4v) is 3.78. The number of amides is 2. The quantitative estimate of drug-likeness (QED) is 0.134. The Morgan fingerprint density at radius 3 is 1.19 bits per heavy atom. The Kier molecular flexibility index (Phi) is 14.1. The Bertz CT molecular complexity index is 794. The molecule has 16 heteroatoms. The van der Waals surface area contributed by atoms with Crippen LogP contribution in [-0.2, 0) is 28.8 Å². The van der Waals surface area contributed by atoms with Crippen molar-refractivity contribution in [2.24, 2.45) is 5.73 Å². The van der Waals surface area contributed by atoms with E-state index in [0.29, 0.717) is 0 Å². The molecule has 0 radical (unpaired) electrons. The van der Waals surface area contributed by atoms with Crippen LogP contribution in [0, 0.1) is 0 Å². The predicted molar refractivity (Wildman–Crippen MR) is 127 cm³/mol. The van der Waals surface area contributed by atoms with Gasteiger partial charge in [0.2, 0.25) is 11.8 Å². The Balaban J connectivity index is 2.98. The highest BCUT2D eigenvalue weighted by Crippen LogP contribution is 2.03. The van der Waals surface area contributed by atoms with E-state index in [1.165, 1.54) is 0 Å². The zero-order chi connectivity index (χ0) is 28.0. The molecule has 1 fully saturated rings. The number of carbonyl (C=O) groups excluding carboxylic acids is 2. The fourth-order valence-electron chi connectivity index (χ4n) is 3.78. The number of carbonyl (C=O) groups is 6. The molecule has 1 aliphatic heterocycles. The lowest BCUT2D eigenvalue weighted by atomic mass is 10.1. The molecule has 1 saturated heterocycles. The monoisotopic (exact) mass is 532 g/mol. The van der Waals surface area contributed by atoms with Crippen LogP contribution in [0.25, 0.3) is 0 Å². The molecule has 210 valence electrons. The van der Waals surface area contributed by atoms with Gasteiger partial charge in [-0.3, -0.25) is 48.4 Å². The van der Waals surface area contributed by atoms with Crippen molar-refractivity contribution in [3.8, 4) is 0 Å². The molecule has 0 saturated carbocycles. The van der Waals surface area contributed by atoms with E-state index >= 15 is 0 Å². The number of nitrogens with one attached hydrogen (secondary N) is 1. The molecule has 1 aliphatic rings. The second kappa shape index (κ2) is 16.4. The standard InChI is InChI=1S/C21H36N6O10/c22-21(37)15(1-2-17(29)30)23-16(28)11-24-3-5-25(12-18(31)32)7-9-27(14-20(35)36)10-8-26(6-4-24)13-19(33)34/h15H,1-14H2,(H2,22,37)(H,23,28)(H,29,30)(H,31,32)(H,33,34)(H,35,36)/t15-/m0/s1. The summed E-state index contributed by atoms with van der Waals surface area (Å²) < 4.78 is 0. The Hall–Kier alpha value is -3.34. The average Bonchev–Trinajstić information content (AvgIpc) is 2.77. The smallest absolute Gasteiger partial charge is 0.317 e. The van der Waals surface area contributed by atoms with Crippen LogP contribution in [0.2, 0.25) is 0 Å². The van der Waals surface area contributed by atoms with Crippen LogP contribution in [0.3, 0.4) is 0 Å². The second-order valence-electron chi connectivity index (χ2n) is 8.74. The second-order valence-corrected chi connectivity index (χ2v) is 8.74. The molecule has 0 unspecified atom stereocenters. The van der Waals surface area contributed by atoms with E-state index in [-0.39, 0.29) is 91.4 Å². The predicted octanol–water partition coefficient (Wildman–Crippen LogP) is -3.70. The third-order valence-corrected chi connectivity index (χ3v) is 5.70. The molecule has 0 spiro atoms. The summed E-state index contributed by atoms with van der Waals surface area (Å²) in [6.07, 6.45) is -0.549. The number of hydrogen-bond acceptors (Lipinski definition) is 10. The van der Waals surface area contributed by atoms with Crippen molar-refractivity contribution < 1.29 is 49.2 Å². The highest BCUT2D eigenvalue weighted by molar-refractivity contribution is 5.87. The first-order chi connectivity index (χ1) is 17.3. The highest BCUT2D eigenvalue weighted by atomic mass is 16.4. The minimum atomic E-state index is -1.18. The van der Waals surface area contributed by atoms with Gasteiger partial charge in [0, 0.05) is 58.8 Å². The normalized spacial score (nSPS) is 18.2. The lowest BCUT2D eigenvalue weighted by molar-refractivity contribution is -0.140. The highest BCUT2D eigenvalue weighted by Gasteiger charge is 2.23.